The van der Waals surface area contributed by atoms with Crippen LogP contribution in [0.3, 0.4) is 0 Å². The van der Waals surface area contributed by atoms with Crippen LogP contribution in [0.1, 0.15) is 36.0 Å². The maximum Gasteiger partial charge on any atom is 0.573 e. The van der Waals surface area contributed by atoms with Crippen LogP contribution in [0, 0.1) is 11.8 Å². The molecule has 0 amide bonds. The average Bonchev–Trinajstić information content (AvgIpc) is 3.01. The van der Waals surface area contributed by atoms with Gasteiger partial charge in [0.1, 0.15) is 12.4 Å². The number of hydrogen-bond acceptors (Lipinski definition) is 3. The van der Waals surface area contributed by atoms with Gasteiger partial charge in [0, 0.05) is 5.56 Å². The second kappa shape index (κ2) is 5.24. The fraction of sp³-hybridized carbons (Fsp3) is 0.533. The van der Waals surface area contributed by atoms with Crippen LogP contribution < -0.4 is 9.47 Å². The van der Waals surface area contributed by atoms with E-state index in [4.69, 9.17) is 4.74 Å². The van der Waals surface area contributed by atoms with Gasteiger partial charge in [0.2, 0.25) is 0 Å². The summed E-state index contributed by atoms with van der Waals surface area (Å²) in [7, 11) is 0. The van der Waals surface area contributed by atoms with Crippen LogP contribution in [-0.2, 0) is 0 Å². The van der Waals surface area contributed by atoms with Crippen LogP contribution in [0.5, 0.6) is 11.5 Å². The summed E-state index contributed by atoms with van der Waals surface area (Å²) in [6, 6.07) is 3.71. The topological polar surface area (TPSA) is 35.5 Å². The highest BCUT2D eigenvalue weighted by Crippen LogP contribution is 2.47. The molecule has 0 saturated heterocycles. The molecule has 3 rings (SSSR count). The lowest BCUT2D eigenvalue weighted by Crippen LogP contribution is -2.24. The van der Waals surface area contributed by atoms with Crippen LogP contribution in [0.25, 0.3) is 0 Å². The van der Waals surface area contributed by atoms with Crippen molar-refractivity contribution in [2.75, 3.05) is 0 Å². The third kappa shape index (κ3) is 3.14. The number of carbonyl (C=O) groups excluding carboxylic acids is 1. The molecule has 3 nitrogen and oxygen atoms in total. The number of hydrogen-bond donors (Lipinski definition) is 0. The van der Waals surface area contributed by atoms with Crippen molar-refractivity contribution in [3.05, 3.63) is 23.8 Å². The first-order valence-electron chi connectivity index (χ1n) is 6.96. The summed E-state index contributed by atoms with van der Waals surface area (Å²) >= 11 is 0. The molecule has 3 unspecified atom stereocenters. The van der Waals surface area contributed by atoms with Gasteiger partial charge in [-0.2, -0.15) is 0 Å². The van der Waals surface area contributed by atoms with Gasteiger partial charge in [-0.25, -0.2) is 0 Å². The van der Waals surface area contributed by atoms with Crippen molar-refractivity contribution in [1.82, 2.24) is 0 Å². The standard InChI is InChI=1S/C15H15F3O3/c16-15(17,18)21-12-4-2-10(8-19)7-14(12)20-13-6-9-1-3-11(13)5-9/h2,4,7-9,11,13H,1,3,5-6H2. The van der Waals surface area contributed by atoms with E-state index >= 15 is 0 Å². The SMILES string of the molecule is O=Cc1ccc(OC(F)(F)F)c(OC2CC3CCC2C3)c1. The van der Waals surface area contributed by atoms with Crippen LogP contribution in [-0.4, -0.2) is 18.8 Å². The van der Waals surface area contributed by atoms with Crippen LogP contribution in [0.2, 0.25) is 0 Å². The molecule has 0 aromatic heterocycles. The van der Waals surface area contributed by atoms with Gasteiger partial charge in [-0.15, -0.1) is 13.2 Å². The second-order valence-electron chi connectivity index (χ2n) is 5.70. The monoisotopic (exact) mass is 300 g/mol. The van der Waals surface area contributed by atoms with Gasteiger partial charge in [0.25, 0.3) is 0 Å². The van der Waals surface area contributed by atoms with Gasteiger partial charge >= 0.3 is 6.36 Å². The van der Waals surface area contributed by atoms with E-state index < -0.39 is 12.1 Å². The molecule has 2 saturated carbocycles. The van der Waals surface area contributed by atoms with Crippen molar-refractivity contribution in [2.45, 2.75) is 38.1 Å². The molecule has 0 radical (unpaired) electrons. The molecule has 2 bridgehead atoms. The molecular weight excluding hydrogens is 285 g/mol. The lowest BCUT2D eigenvalue weighted by molar-refractivity contribution is -0.275. The summed E-state index contributed by atoms with van der Waals surface area (Å²) in [6.07, 6.45) is -0.125. The number of ether oxygens (including phenoxy) is 2. The number of aldehydes is 1. The first-order chi connectivity index (χ1) is 9.94. The quantitative estimate of drug-likeness (QED) is 0.789. The van der Waals surface area contributed by atoms with Crippen molar-refractivity contribution in [1.29, 1.82) is 0 Å². The molecule has 2 fully saturated rings. The summed E-state index contributed by atoms with van der Waals surface area (Å²) in [4.78, 5) is 10.8. The number of rotatable bonds is 4. The Morgan fingerprint density at radius 1 is 1.14 bits per heavy atom. The van der Waals surface area contributed by atoms with Gasteiger partial charge in [-0.1, -0.05) is 0 Å². The average molecular weight is 300 g/mol. The van der Waals surface area contributed by atoms with Crippen molar-refractivity contribution >= 4 is 6.29 Å². The van der Waals surface area contributed by atoms with Crippen molar-refractivity contribution in [3.8, 4) is 11.5 Å². The highest BCUT2D eigenvalue weighted by molar-refractivity contribution is 5.76. The van der Waals surface area contributed by atoms with Gasteiger partial charge in [0.05, 0.1) is 0 Å². The molecule has 1 aromatic carbocycles. The minimum atomic E-state index is -4.78. The molecule has 0 N–H and O–H groups in total. The molecule has 114 valence electrons. The Hall–Kier alpha value is -1.72. The lowest BCUT2D eigenvalue weighted by atomic mass is 9.97. The maximum absolute atomic E-state index is 12.4. The molecule has 0 spiro atoms. The van der Waals surface area contributed by atoms with E-state index in [0.717, 1.165) is 25.3 Å². The van der Waals surface area contributed by atoms with Crippen molar-refractivity contribution in [3.63, 3.8) is 0 Å². The predicted molar refractivity (Wildman–Crippen MR) is 68.4 cm³/mol. The van der Waals surface area contributed by atoms with Gasteiger partial charge in [0.15, 0.2) is 11.5 Å². The van der Waals surface area contributed by atoms with Gasteiger partial charge < -0.3 is 9.47 Å². The molecule has 0 aliphatic heterocycles. The Bertz CT molecular complexity index is 541. The normalized spacial score (nSPS) is 27.7. The fourth-order valence-corrected chi connectivity index (χ4v) is 3.39. The molecule has 1 aromatic rings. The number of alkyl halides is 3. The molecule has 6 heteroatoms. The van der Waals surface area contributed by atoms with Crippen molar-refractivity contribution < 1.29 is 27.4 Å². The third-order valence-corrected chi connectivity index (χ3v) is 4.28. The minimum absolute atomic E-state index is 0.00512. The Morgan fingerprint density at radius 2 is 1.95 bits per heavy atom. The predicted octanol–water partition coefficient (Wildman–Crippen LogP) is 3.97. The van der Waals surface area contributed by atoms with E-state index in [9.17, 15) is 18.0 Å². The van der Waals surface area contributed by atoms with E-state index in [1.165, 1.54) is 18.6 Å². The van der Waals surface area contributed by atoms with E-state index in [-0.39, 0.29) is 17.4 Å². The molecule has 21 heavy (non-hydrogen) atoms. The lowest BCUT2D eigenvalue weighted by Gasteiger charge is -2.24. The minimum Gasteiger partial charge on any atom is -0.486 e. The van der Waals surface area contributed by atoms with Crippen LogP contribution in [0.4, 0.5) is 13.2 Å². The zero-order valence-corrected chi connectivity index (χ0v) is 11.2. The van der Waals surface area contributed by atoms with Gasteiger partial charge in [-0.3, -0.25) is 4.79 Å². The first-order valence-corrected chi connectivity index (χ1v) is 6.96. The summed E-state index contributed by atoms with van der Waals surface area (Å²) in [5, 5.41) is 0. The van der Waals surface area contributed by atoms with E-state index in [1.807, 2.05) is 0 Å². The number of fused-ring (bicyclic) bond motifs is 2. The third-order valence-electron chi connectivity index (χ3n) is 4.28. The molecule has 2 aliphatic carbocycles. The number of halogens is 3. The Morgan fingerprint density at radius 3 is 2.52 bits per heavy atom. The van der Waals surface area contributed by atoms with E-state index in [0.29, 0.717) is 18.1 Å². The van der Waals surface area contributed by atoms with Crippen LogP contribution in [0.15, 0.2) is 18.2 Å². The summed E-state index contributed by atoms with van der Waals surface area (Å²) < 4.78 is 47.0. The number of carbonyl (C=O) groups is 1. The molecule has 3 atom stereocenters. The highest BCUT2D eigenvalue weighted by atomic mass is 19.4. The summed E-state index contributed by atoms with van der Waals surface area (Å²) in [5.74, 6) is 0.611. The molecule has 2 aliphatic rings. The Kier molecular flexibility index (Phi) is 3.55. The largest absolute Gasteiger partial charge is 0.573 e. The summed E-state index contributed by atoms with van der Waals surface area (Å²) in [5.41, 5.74) is 0.266. The smallest absolute Gasteiger partial charge is 0.486 e. The van der Waals surface area contributed by atoms with Crippen LogP contribution >= 0.6 is 0 Å². The maximum atomic E-state index is 12.4. The van der Waals surface area contributed by atoms with E-state index in [1.54, 1.807) is 0 Å². The molecular formula is C15H15F3O3. The first kappa shape index (κ1) is 14.2. The molecule has 0 heterocycles. The van der Waals surface area contributed by atoms with Crippen molar-refractivity contribution in [2.24, 2.45) is 11.8 Å². The summed E-state index contributed by atoms with van der Waals surface area (Å²) in [6.45, 7) is 0. The fourth-order valence-electron chi connectivity index (χ4n) is 3.39. The zero-order chi connectivity index (χ0) is 15.0. The zero-order valence-electron chi connectivity index (χ0n) is 11.2. The van der Waals surface area contributed by atoms with Gasteiger partial charge in [-0.05, 0) is 55.7 Å². The Labute approximate surface area is 120 Å². The Balaban J connectivity index is 1.82. The van der Waals surface area contributed by atoms with E-state index in [2.05, 4.69) is 4.74 Å². The highest BCUT2D eigenvalue weighted by Gasteiger charge is 2.41. The second-order valence-corrected chi connectivity index (χ2v) is 5.70. The number of benzene rings is 1.